The smallest absolute Gasteiger partial charge is 0.240 e. The summed E-state index contributed by atoms with van der Waals surface area (Å²) in [6.07, 6.45) is 4.39. The highest BCUT2D eigenvalue weighted by Gasteiger charge is 2.20. The molecule has 2 rings (SSSR count). The SMILES string of the molecule is NCC#Cc1ccc(S(=O)(=O)NCC2CCCC2)cc1F. The van der Waals surface area contributed by atoms with E-state index in [1.165, 1.54) is 12.1 Å². The van der Waals surface area contributed by atoms with Crippen molar-refractivity contribution >= 4 is 10.0 Å². The fourth-order valence-electron chi connectivity index (χ4n) is 2.44. The lowest BCUT2D eigenvalue weighted by atomic mass is 10.1. The summed E-state index contributed by atoms with van der Waals surface area (Å²) in [4.78, 5) is -0.0729. The molecule has 0 saturated heterocycles. The molecular formula is C15H19FN2O2S. The molecular weight excluding hydrogens is 291 g/mol. The van der Waals surface area contributed by atoms with Crippen LogP contribution in [0.4, 0.5) is 4.39 Å². The van der Waals surface area contributed by atoms with E-state index in [0.717, 1.165) is 31.7 Å². The number of nitrogens with one attached hydrogen (secondary N) is 1. The second kappa shape index (κ2) is 7.03. The van der Waals surface area contributed by atoms with Gasteiger partial charge in [0.05, 0.1) is 17.0 Å². The molecule has 0 spiro atoms. The van der Waals surface area contributed by atoms with Crippen LogP contribution in [0.1, 0.15) is 31.2 Å². The third kappa shape index (κ3) is 4.27. The number of benzene rings is 1. The molecule has 0 heterocycles. The number of halogens is 1. The molecule has 4 nitrogen and oxygen atoms in total. The van der Waals surface area contributed by atoms with Gasteiger partial charge in [0.2, 0.25) is 10.0 Å². The summed E-state index contributed by atoms with van der Waals surface area (Å²) in [5, 5.41) is 0. The van der Waals surface area contributed by atoms with Gasteiger partial charge in [-0.25, -0.2) is 17.5 Å². The predicted molar refractivity (Wildman–Crippen MR) is 79.5 cm³/mol. The normalized spacial score (nSPS) is 15.7. The van der Waals surface area contributed by atoms with Gasteiger partial charge in [0, 0.05) is 6.54 Å². The van der Waals surface area contributed by atoms with E-state index in [1.54, 1.807) is 0 Å². The summed E-state index contributed by atoms with van der Waals surface area (Å²) in [6.45, 7) is 0.543. The Morgan fingerprint density at radius 1 is 1.33 bits per heavy atom. The first kappa shape index (κ1) is 16.0. The molecule has 0 atom stereocenters. The van der Waals surface area contributed by atoms with E-state index in [0.29, 0.717) is 12.5 Å². The molecule has 1 fully saturated rings. The molecule has 1 aromatic rings. The quantitative estimate of drug-likeness (QED) is 0.830. The van der Waals surface area contributed by atoms with E-state index in [1.807, 2.05) is 0 Å². The van der Waals surface area contributed by atoms with Gasteiger partial charge in [0.15, 0.2) is 0 Å². The predicted octanol–water partition coefficient (Wildman–Crippen LogP) is 1.60. The molecule has 1 saturated carbocycles. The second-order valence-corrected chi connectivity index (χ2v) is 6.92. The van der Waals surface area contributed by atoms with Crippen molar-refractivity contribution in [3.8, 4) is 11.8 Å². The number of nitrogens with two attached hydrogens (primary N) is 1. The minimum atomic E-state index is -3.67. The molecule has 0 aromatic heterocycles. The third-order valence-corrected chi connectivity index (χ3v) is 5.03. The van der Waals surface area contributed by atoms with Gasteiger partial charge in [-0.2, -0.15) is 0 Å². The van der Waals surface area contributed by atoms with Crippen LogP contribution in [0, 0.1) is 23.6 Å². The summed E-state index contributed by atoms with van der Waals surface area (Å²) in [6, 6.07) is 3.72. The van der Waals surface area contributed by atoms with Crippen molar-refractivity contribution in [3.05, 3.63) is 29.6 Å². The van der Waals surface area contributed by atoms with Crippen molar-refractivity contribution in [3.63, 3.8) is 0 Å². The van der Waals surface area contributed by atoms with Crippen molar-refractivity contribution in [2.45, 2.75) is 30.6 Å². The van der Waals surface area contributed by atoms with Crippen molar-refractivity contribution in [2.75, 3.05) is 13.1 Å². The highest BCUT2D eigenvalue weighted by molar-refractivity contribution is 7.89. The molecule has 21 heavy (non-hydrogen) atoms. The summed E-state index contributed by atoms with van der Waals surface area (Å²) in [5.41, 5.74) is 5.37. The highest BCUT2D eigenvalue weighted by atomic mass is 32.2. The first-order valence-corrected chi connectivity index (χ1v) is 8.49. The molecule has 0 unspecified atom stereocenters. The molecule has 0 aliphatic heterocycles. The lowest BCUT2D eigenvalue weighted by Gasteiger charge is -2.11. The minimum Gasteiger partial charge on any atom is -0.320 e. The van der Waals surface area contributed by atoms with Crippen LogP contribution < -0.4 is 10.5 Å². The van der Waals surface area contributed by atoms with Gasteiger partial charge in [-0.3, -0.25) is 0 Å². The summed E-state index contributed by atoms with van der Waals surface area (Å²) in [5.74, 6) is 4.84. The Morgan fingerprint density at radius 3 is 2.67 bits per heavy atom. The Hall–Kier alpha value is -1.42. The standard InChI is InChI=1S/C15H19FN2O2S/c16-15-10-14(8-7-13(15)6-3-9-17)21(19,20)18-11-12-4-1-2-5-12/h7-8,10,12,18H,1-2,4-5,9,11,17H2. The average Bonchev–Trinajstić information content (AvgIpc) is 2.97. The molecule has 0 bridgehead atoms. The van der Waals surface area contributed by atoms with Crippen LogP contribution in [-0.2, 0) is 10.0 Å². The van der Waals surface area contributed by atoms with Crippen molar-refractivity contribution < 1.29 is 12.8 Å². The van der Waals surface area contributed by atoms with Crippen LogP contribution in [0.5, 0.6) is 0 Å². The van der Waals surface area contributed by atoms with E-state index in [9.17, 15) is 12.8 Å². The van der Waals surface area contributed by atoms with Crippen molar-refractivity contribution in [2.24, 2.45) is 11.7 Å². The van der Waals surface area contributed by atoms with E-state index in [4.69, 9.17) is 5.73 Å². The Balaban J connectivity index is 2.10. The van der Waals surface area contributed by atoms with Crippen LogP contribution >= 0.6 is 0 Å². The second-order valence-electron chi connectivity index (χ2n) is 5.15. The van der Waals surface area contributed by atoms with Crippen LogP contribution in [0.3, 0.4) is 0 Å². The maximum Gasteiger partial charge on any atom is 0.240 e. The molecule has 1 aromatic carbocycles. The number of hydrogen-bond donors (Lipinski definition) is 2. The van der Waals surface area contributed by atoms with Crippen LogP contribution in [0.2, 0.25) is 0 Å². The number of sulfonamides is 1. The van der Waals surface area contributed by atoms with Crippen LogP contribution in [0.15, 0.2) is 23.1 Å². The van der Waals surface area contributed by atoms with Gasteiger partial charge in [-0.1, -0.05) is 24.7 Å². The maximum atomic E-state index is 13.8. The van der Waals surface area contributed by atoms with E-state index >= 15 is 0 Å². The zero-order valence-corrected chi connectivity index (χ0v) is 12.5. The monoisotopic (exact) mass is 310 g/mol. The summed E-state index contributed by atoms with van der Waals surface area (Å²) >= 11 is 0. The molecule has 0 radical (unpaired) electrons. The van der Waals surface area contributed by atoms with Gasteiger partial charge in [-0.05, 0) is 37.0 Å². The first-order chi connectivity index (χ1) is 10.0. The maximum absolute atomic E-state index is 13.8. The minimum absolute atomic E-state index is 0.0729. The molecule has 1 aliphatic carbocycles. The Bertz CT molecular complexity index is 656. The molecule has 114 valence electrons. The number of rotatable bonds is 4. The molecule has 1 aliphatic rings. The van der Waals surface area contributed by atoms with Crippen molar-refractivity contribution in [1.29, 1.82) is 0 Å². The Labute approximate surface area is 125 Å². The van der Waals surface area contributed by atoms with E-state index < -0.39 is 15.8 Å². The average molecular weight is 310 g/mol. The lowest BCUT2D eigenvalue weighted by molar-refractivity contribution is 0.519. The Kier molecular flexibility index (Phi) is 5.34. The Morgan fingerprint density at radius 2 is 2.05 bits per heavy atom. The zero-order valence-electron chi connectivity index (χ0n) is 11.7. The van der Waals surface area contributed by atoms with Gasteiger partial charge in [0.1, 0.15) is 5.82 Å². The first-order valence-electron chi connectivity index (χ1n) is 7.01. The summed E-state index contributed by atoms with van der Waals surface area (Å²) in [7, 11) is -3.67. The van der Waals surface area contributed by atoms with Crippen LogP contribution in [0.25, 0.3) is 0 Å². The molecule has 3 N–H and O–H groups in total. The highest BCUT2D eigenvalue weighted by Crippen LogP contribution is 2.24. The fraction of sp³-hybridized carbons (Fsp3) is 0.467. The largest absolute Gasteiger partial charge is 0.320 e. The third-order valence-electron chi connectivity index (χ3n) is 3.61. The van der Waals surface area contributed by atoms with E-state index in [2.05, 4.69) is 16.6 Å². The van der Waals surface area contributed by atoms with Gasteiger partial charge >= 0.3 is 0 Å². The topological polar surface area (TPSA) is 72.2 Å². The van der Waals surface area contributed by atoms with E-state index in [-0.39, 0.29) is 17.0 Å². The van der Waals surface area contributed by atoms with Crippen molar-refractivity contribution in [1.82, 2.24) is 4.72 Å². The molecule has 0 amide bonds. The zero-order chi connectivity index (χ0) is 15.3. The van der Waals surface area contributed by atoms with Gasteiger partial charge < -0.3 is 5.73 Å². The van der Waals surface area contributed by atoms with Gasteiger partial charge in [0.25, 0.3) is 0 Å². The van der Waals surface area contributed by atoms with Crippen LogP contribution in [-0.4, -0.2) is 21.5 Å². The fourth-order valence-corrected chi connectivity index (χ4v) is 3.56. The molecule has 6 heteroatoms. The van der Waals surface area contributed by atoms with Gasteiger partial charge in [-0.15, -0.1) is 0 Å². The lowest BCUT2D eigenvalue weighted by Crippen LogP contribution is -2.28. The summed E-state index contributed by atoms with van der Waals surface area (Å²) < 4.78 is 40.6. The number of hydrogen-bond acceptors (Lipinski definition) is 3.